The second-order valence-corrected chi connectivity index (χ2v) is 9.61. The zero-order valence-corrected chi connectivity index (χ0v) is 22.0. The van der Waals surface area contributed by atoms with E-state index >= 15 is 0 Å². The van der Waals surface area contributed by atoms with Crippen molar-refractivity contribution in [2.45, 2.75) is 58.2 Å². The third-order valence-electron chi connectivity index (χ3n) is 7.05. The average Bonchev–Trinajstić information content (AvgIpc) is 3.26. The van der Waals surface area contributed by atoms with Gasteiger partial charge in [0.25, 0.3) is 5.82 Å². The molecular weight excluding hydrogens is 505 g/mol. The standard InChI is InChI=1S/C28H31F3N8/c1-3-16-38(4-2)22-12-9-19-8-11-21(17-20(19)10-13-22)34-27-36-26(28(29,30)31)37-39(27)25-7-5-6-24(35-25)23-14-15-32-18-33-23/h5-8,11,14-15,17-18,22H,3-4,9-10,12-13,16H2,1-2H3,(H,34,36,37). The van der Waals surface area contributed by atoms with Crippen LogP contribution in [-0.4, -0.2) is 53.7 Å². The first kappa shape index (κ1) is 26.7. The fraction of sp³-hybridized carbons (Fsp3) is 0.393. The molecular formula is C28H31F3N8. The molecule has 0 saturated heterocycles. The zero-order chi connectivity index (χ0) is 27.4. The molecule has 3 aromatic heterocycles. The van der Waals surface area contributed by atoms with E-state index in [4.69, 9.17) is 0 Å². The van der Waals surface area contributed by atoms with E-state index in [1.807, 2.05) is 12.1 Å². The maximum absolute atomic E-state index is 13.6. The highest BCUT2D eigenvalue weighted by atomic mass is 19.4. The van der Waals surface area contributed by atoms with Crippen LogP contribution in [0.2, 0.25) is 0 Å². The summed E-state index contributed by atoms with van der Waals surface area (Å²) in [5.41, 5.74) is 4.17. The van der Waals surface area contributed by atoms with Crippen LogP contribution in [-0.2, 0) is 19.0 Å². The van der Waals surface area contributed by atoms with Crippen LogP contribution in [0, 0.1) is 0 Å². The number of nitrogens with one attached hydrogen (secondary N) is 1. The summed E-state index contributed by atoms with van der Waals surface area (Å²) in [5, 5.41) is 6.83. The number of alkyl halides is 3. The summed E-state index contributed by atoms with van der Waals surface area (Å²) in [6.45, 7) is 6.54. The van der Waals surface area contributed by atoms with Crippen LogP contribution in [0.15, 0.2) is 55.0 Å². The summed E-state index contributed by atoms with van der Waals surface area (Å²) in [4.78, 5) is 18.9. The van der Waals surface area contributed by atoms with Crippen LogP contribution >= 0.6 is 0 Å². The quantitative estimate of drug-likeness (QED) is 0.282. The van der Waals surface area contributed by atoms with E-state index in [9.17, 15) is 13.2 Å². The zero-order valence-electron chi connectivity index (χ0n) is 22.0. The lowest BCUT2D eigenvalue weighted by molar-refractivity contribution is -0.144. The van der Waals surface area contributed by atoms with Gasteiger partial charge in [-0.1, -0.05) is 26.0 Å². The number of benzene rings is 1. The molecule has 0 fully saturated rings. The van der Waals surface area contributed by atoms with Crippen LogP contribution in [0.25, 0.3) is 17.2 Å². The van der Waals surface area contributed by atoms with Crippen molar-refractivity contribution >= 4 is 11.6 Å². The number of nitrogens with zero attached hydrogens (tertiary/aromatic N) is 7. The minimum atomic E-state index is -4.71. The van der Waals surface area contributed by atoms with E-state index in [-0.39, 0.29) is 11.8 Å². The van der Waals surface area contributed by atoms with E-state index in [0.29, 0.717) is 23.1 Å². The molecule has 0 saturated carbocycles. The number of hydrogen-bond acceptors (Lipinski definition) is 7. The molecule has 0 amide bonds. The van der Waals surface area contributed by atoms with Crippen molar-refractivity contribution in [3.63, 3.8) is 0 Å². The summed E-state index contributed by atoms with van der Waals surface area (Å²) in [5.74, 6) is -1.13. The largest absolute Gasteiger partial charge is 0.453 e. The van der Waals surface area contributed by atoms with Gasteiger partial charge >= 0.3 is 6.18 Å². The summed E-state index contributed by atoms with van der Waals surface area (Å²) < 4.78 is 42.0. The maximum atomic E-state index is 13.6. The smallest absolute Gasteiger partial charge is 0.324 e. The SMILES string of the molecule is CCCN(CC)C1CCc2ccc(Nc3nc(C(F)(F)F)nn3-c3cccc(-c4ccncn4)n3)cc2CC1. The highest BCUT2D eigenvalue weighted by Gasteiger charge is 2.37. The minimum Gasteiger partial charge on any atom is -0.324 e. The Labute approximate surface area is 225 Å². The summed E-state index contributed by atoms with van der Waals surface area (Å²) in [6, 6.07) is 13.2. The number of aryl methyl sites for hydroxylation is 2. The molecule has 3 heterocycles. The molecule has 39 heavy (non-hydrogen) atoms. The van der Waals surface area contributed by atoms with Gasteiger partial charge < -0.3 is 10.2 Å². The molecule has 1 unspecified atom stereocenters. The third kappa shape index (κ3) is 6.08. The minimum absolute atomic E-state index is 0.0683. The van der Waals surface area contributed by atoms with Crippen molar-refractivity contribution in [3.8, 4) is 17.2 Å². The predicted octanol–water partition coefficient (Wildman–Crippen LogP) is 5.86. The van der Waals surface area contributed by atoms with Gasteiger partial charge in [-0.3, -0.25) is 0 Å². The molecule has 1 aromatic carbocycles. The fourth-order valence-electron chi connectivity index (χ4n) is 5.15. The van der Waals surface area contributed by atoms with Gasteiger partial charge in [0, 0.05) is 17.9 Å². The molecule has 1 N–H and O–H groups in total. The van der Waals surface area contributed by atoms with Crippen LogP contribution in [0.4, 0.5) is 24.8 Å². The summed E-state index contributed by atoms with van der Waals surface area (Å²) in [6.07, 6.45) is 3.43. The predicted molar refractivity (Wildman–Crippen MR) is 143 cm³/mol. The van der Waals surface area contributed by atoms with Gasteiger partial charge in [0.15, 0.2) is 5.82 Å². The molecule has 0 aliphatic heterocycles. The number of hydrogen-bond donors (Lipinski definition) is 1. The molecule has 0 spiro atoms. The first-order valence-corrected chi connectivity index (χ1v) is 13.3. The molecule has 5 rings (SSSR count). The van der Waals surface area contributed by atoms with Gasteiger partial charge in [0.2, 0.25) is 5.95 Å². The van der Waals surface area contributed by atoms with Crippen molar-refractivity contribution in [1.82, 2.24) is 34.6 Å². The Kier molecular flexibility index (Phi) is 7.87. The molecule has 0 bridgehead atoms. The Balaban J connectivity index is 1.44. The number of aromatic nitrogens is 6. The van der Waals surface area contributed by atoms with E-state index in [1.54, 1.807) is 30.5 Å². The highest BCUT2D eigenvalue weighted by molar-refractivity contribution is 5.59. The van der Waals surface area contributed by atoms with Gasteiger partial charge in [0.1, 0.15) is 6.33 Å². The van der Waals surface area contributed by atoms with Gasteiger partial charge in [-0.15, -0.1) is 5.10 Å². The van der Waals surface area contributed by atoms with E-state index in [1.165, 1.54) is 17.5 Å². The lowest BCUT2D eigenvalue weighted by atomic mass is 10.0. The number of halogens is 3. The molecule has 4 aromatic rings. The van der Waals surface area contributed by atoms with Crippen LogP contribution < -0.4 is 5.32 Å². The molecule has 204 valence electrons. The van der Waals surface area contributed by atoms with Crippen LogP contribution in [0.5, 0.6) is 0 Å². The summed E-state index contributed by atoms with van der Waals surface area (Å²) >= 11 is 0. The van der Waals surface area contributed by atoms with Crippen molar-refractivity contribution in [3.05, 3.63) is 71.9 Å². The topological polar surface area (TPSA) is 84.6 Å². The number of pyridine rings is 1. The van der Waals surface area contributed by atoms with Crippen molar-refractivity contribution < 1.29 is 13.2 Å². The first-order valence-electron chi connectivity index (χ1n) is 13.3. The van der Waals surface area contributed by atoms with Crippen LogP contribution in [0.3, 0.4) is 0 Å². The van der Waals surface area contributed by atoms with Gasteiger partial charge in [0.05, 0.1) is 11.4 Å². The van der Waals surface area contributed by atoms with E-state index in [2.05, 4.69) is 55.2 Å². The Morgan fingerprint density at radius 3 is 2.54 bits per heavy atom. The fourth-order valence-corrected chi connectivity index (χ4v) is 5.15. The van der Waals surface area contributed by atoms with Gasteiger partial charge in [-0.2, -0.15) is 22.8 Å². The number of fused-ring (bicyclic) bond motifs is 1. The molecule has 1 aliphatic rings. The van der Waals surface area contributed by atoms with Crippen LogP contribution in [0.1, 0.15) is 50.1 Å². The molecule has 1 atom stereocenters. The Bertz CT molecular complexity index is 1400. The van der Waals surface area contributed by atoms with Crippen molar-refractivity contribution in [2.24, 2.45) is 0 Å². The van der Waals surface area contributed by atoms with E-state index < -0.39 is 12.0 Å². The van der Waals surface area contributed by atoms with Gasteiger partial charge in [-0.05, 0) is 86.7 Å². The Hall–Kier alpha value is -3.86. The van der Waals surface area contributed by atoms with Crippen molar-refractivity contribution in [1.29, 1.82) is 0 Å². The lowest BCUT2D eigenvalue weighted by Crippen LogP contribution is -2.36. The van der Waals surface area contributed by atoms with Crippen molar-refractivity contribution in [2.75, 3.05) is 18.4 Å². The first-order chi connectivity index (χ1) is 18.9. The monoisotopic (exact) mass is 536 g/mol. The lowest BCUT2D eigenvalue weighted by Gasteiger charge is -2.29. The molecule has 11 heteroatoms. The number of rotatable bonds is 8. The Morgan fingerprint density at radius 2 is 1.82 bits per heavy atom. The van der Waals surface area contributed by atoms with Gasteiger partial charge in [-0.25, -0.2) is 15.0 Å². The maximum Gasteiger partial charge on any atom is 0.453 e. The highest BCUT2D eigenvalue weighted by Crippen LogP contribution is 2.31. The second-order valence-electron chi connectivity index (χ2n) is 9.61. The summed E-state index contributed by atoms with van der Waals surface area (Å²) in [7, 11) is 0. The molecule has 1 aliphatic carbocycles. The second kappa shape index (κ2) is 11.5. The third-order valence-corrected chi connectivity index (χ3v) is 7.05. The van der Waals surface area contributed by atoms with E-state index in [0.717, 1.165) is 49.9 Å². The molecule has 0 radical (unpaired) electrons. The average molecular weight is 537 g/mol. The normalized spacial score (nSPS) is 15.7. The number of anilines is 2. The Morgan fingerprint density at radius 1 is 1.00 bits per heavy atom. The molecule has 8 nitrogen and oxygen atoms in total.